The Morgan fingerprint density at radius 2 is 1.88 bits per heavy atom. The van der Waals surface area contributed by atoms with Gasteiger partial charge in [0, 0.05) is 42.5 Å². The number of benzene rings is 2. The molecule has 0 spiro atoms. The number of rotatable bonds is 7. The highest BCUT2D eigenvalue weighted by atomic mass is 16.6. The average Bonchev–Trinajstić information content (AvgIpc) is 2.58. The Balaban J connectivity index is 2.05. The summed E-state index contributed by atoms with van der Waals surface area (Å²) >= 11 is 0. The van der Waals surface area contributed by atoms with Gasteiger partial charge in [-0.25, -0.2) is 0 Å². The number of hydrogen-bond donors (Lipinski definition) is 2. The van der Waals surface area contributed by atoms with Crippen molar-refractivity contribution >= 4 is 23.3 Å². The molecule has 0 saturated heterocycles. The second kappa shape index (κ2) is 7.96. The molecule has 0 aliphatic rings. The summed E-state index contributed by atoms with van der Waals surface area (Å²) in [6.45, 7) is 5.85. The van der Waals surface area contributed by atoms with Crippen molar-refractivity contribution < 1.29 is 10.0 Å². The lowest BCUT2D eigenvalue weighted by Crippen LogP contribution is -2.21. The summed E-state index contributed by atoms with van der Waals surface area (Å²) in [5.41, 5.74) is 4.96. The fourth-order valence-electron chi connectivity index (χ4n) is 2.26. The van der Waals surface area contributed by atoms with Gasteiger partial charge in [-0.15, -0.1) is 0 Å². The molecular formula is C17H20N4O3. The second-order valence-electron chi connectivity index (χ2n) is 5.09. The van der Waals surface area contributed by atoms with E-state index in [9.17, 15) is 15.2 Å². The normalized spacial score (nSPS) is 10.8. The van der Waals surface area contributed by atoms with Crippen LogP contribution in [0, 0.1) is 10.1 Å². The summed E-state index contributed by atoms with van der Waals surface area (Å²) < 4.78 is 0. The minimum atomic E-state index is -0.456. The van der Waals surface area contributed by atoms with E-state index in [0.717, 1.165) is 18.8 Å². The number of hydrazone groups is 1. The molecule has 0 heterocycles. The van der Waals surface area contributed by atoms with Crippen molar-refractivity contribution in [1.82, 2.24) is 0 Å². The van der Waals surface area contributed by atoms with Crippen molar-refractivity contribution in [2.24, 2.45) is 5.10 Å². The van der Waals surface area contributed by atoms with Gasteiger partial charge in [0.15, 0.2) is 0 Å². The molecule has 0 fully saturated rings. The Kier molecular flexibility index (Phi) is 5.73. The number of hydrogen-bond acceptors (Lipinski definition) is 6. The molecular weight excluding hydrogens is 308 g/mol. The van der Waals surface area contributed by atoms with Gasteiger partial charge < -0.3 is 10.0 Å². The molecule has 126 valence electrons. The fourth-order valence-corrected chi connectivity index (χ4v) is 2.26. The van der Waals surface area contributed by atoms with Crippen molar-refractivity contribution in [3.63, 3.8) is 0 Å². The number of phenolic OH excluding ortho intramolecular Hbond substituents is 1. The lowest BCUT2D eigenvalue weighted by atomic mass is 10.2. The fraction of sp³-hybridized carbons (Fsp3) is 0.235. The molecule has 0 aromatic heterocycles. The van der Waals surface area contributed by atoms with E-state index < -0.39 is 4.92 Å². The van der Waals surface area contributed by atoms with Gasteiger partial charge in [0.1, 0.15) is 5.75 Å². The van der Waals surface area contributed by atoms with E-state index in [1.165, 1.54) is 18.3 Å². The van der Waals surface area contributed by atoms with Gasteiger partial charge in [-0.05, 0) is 38.1 Å². The quantitative estimate of drug-likeness (QED) is 0.460. The Morgan fingerprint density at radius 1 is 1.21 bits per heavy atom. The third-order valence-electron chi connectivity index (χ3n) is 3.62. The standard InChI is InChI=1S/C17H20N4O3/c1-3-20(4-2)16-8-5-13(17(22)11-16)12-18-19-14-6-9-15(10-7-14)21(23)24/h5-12,19,22H,3-4H2,1-2H3. The van der Waals surface area contributed by atoms with E-state index in [2.05, 4.69) is 29.3 Å². The van der Waals surface area contributed by atoms with Crippen LogP contribution in [0.15, 0.2) is 47.6 Å². The predicted molar refractivity (Wildman–Crippen MR) is 96.0 cm³/mol. The molecule has 0 atom stereocenters. The lowest BCUT2D eigenvalue weighted by molar-refractivity contribution is -0.384. The van der Waals surface area contributed by atoms with E-state index in [1.54, 1.807) is 24.3 Å². The third-order valence-corrected chi connectivity index (χ3v) is 3.62. The number of non-ortho nitro benzene ring substituents is 1. The first-order chi connectivity index (χ1) is 11.5. The molecule has 2 aromatic rings. The van der Waals surface area contributed by atoms with Gasteiger partial charge in [-0.1, -0.05) is 0 Å². The van der Waals surface area contributed by atoms with Crippen molar-refractivity contribution in [2.75, 3.05) is 23.4 Å². The van der Waals surface area contributed by atoms with Crippen LogP contribution >= 0.6 is 0 Å². The second-order valence-corrected chi connectivity index (χ2v) is 5.09. The van der Waals surface area contributed by atoms with Crippen LogP contribution < -0.4 is 10.3 Å². The smallest absolute Gasteiger partial charge is 0.269 e. The van der Waals surface area contributed by atoms with Crippen molar-refractivity contribution in [2.45, 2.75) is 13.8 Å². The molecule has 2 rings (SSSR count). The number of nitro benzene ring substituents is 1. The van der Waals surface area contributed by atoms with E-state index in [-0.39, 0.29) is 11.4 Å². The molecule has 0 aliphatic carbocycles. The summed E-state index contributed by atoms with van der Waals surface area (Å²) in [7, 11) is 0. The molecule has 0 amide bonds. The zero-order chi connectivity index (χ0) is 17.5. The molecule has 0 bridgehead atoms. The van der Waals surface area contributed by atoms with Gasteiger partial charge in [0.25, 0.3) is 5.69 Å². The SMILES string of the molecule is CCN(CC)c1ccc(C=NNc2ccc([N+](=O)[O-])cc2)c(O)c1. The Hall–Kier alpha value is -3.09. The van der Waals surface area contributed by atoms with Crippen LogP contribution in [-0.4, -0.2) is 29.3 Å². The number of aromatic hydroxyl groups is 1. The molecule has 0 aliphatic heterocycles. The average molecular weight is 328 g/mol. The van der Waals surface area contributed by atoms with E-state index in [4.69, 9.17) is 0 Å². The summed E-state index contributed by atoms with van der Waals surface area (Å²) in [5, 5.41) is 24.7. The van der Waals surface area contributed by atoms with Gasteiger partial charge in [0.05, 0.1) is 16.8 Å². The maximum absolute atomic E-state index is 10.6. The lowest BCUT2D eigenvalue weighted by Gasteiger charge is -2.21. The summed E-state index contributed by atoms with van der Waals surface area (Å²) in [5.74, 6) is 0.147. The number of nitrogens with one attached hydrogen (secondary N) is 1. The van der Waals surface area contributed by atoms with Crippen LogP contribution in [0.2, 0.25) is 0 Å². The van der Waals surface area contributed by atoms with Gasteiger partial charge in [0.2, 0.25) is 0 Å². The first kappa shape index (κ1) is 17.3. The van der Waals surface area contributed by atoms with Gasteiger partial charge in [-0.3, -0.25) is 15.5 Å². The predicted octanol–water partition coefficient (Wildman–Crippen LogP) is 3.59. The summed E-state index contributed by atoms with van der Waals surface area (Å²) in [4.78, 5) is 12.3. The van der Waals surface area contributed by atoms with Crippen LogP contribution in [-0.2, 0) is 0 Å². The highest BCUT2D eigenvalue weighted by molar-refractivity contribution is 5.85. The van der Waals surface area contributed by atoms with Crippen LogP contribution in [0.25, 0.3) is 0 Å². The largest absolute Gasteiger partial charge is 0.507 e. The number of phenols is 1. The van der Waals surface area contributed by atoms with E-state index in [1.807, 2.05) is 6.07 Å². The third kappa shape index (κ3) is 4.22. The number of nitro groups is 1. The van der Waals surface area contributed by atoms with Crippen molar-refractivity contribution in [1.29, 1.82) is 0 Å². The molecule has 0 unspecified atom stereocenters. The van der Waals surface area contributed by atoms with Crippen LogP contribution in [0.3, 0.4) is 0 Å². The van der Waals surface area contributed by atoms with E-state index in [0.29, 0.717) is 11.3 Å². The number of nitrogens with zero attached hydrogens (tertiary/aromatic N) is 3. The first-order valence-corrected chi connectivity index (χ1v) is 7.66. The monoisotopic (exact) mass is 328 g/mol. The van der Waals surface area contributed by atoms with Crippen molar-refractivity contribution in [3.8, 4) is 5.75 Å². The maximum Gasteiger partial charge on any atom is 0.269 e. The molecule has 7 heteroatoms. The molecule has 24 heavy (non-hydrogen) atoms. The topological polar surface area (TPSA) is 91.0 Å². The number of anilines is 2. The van der Waals surface area contributed by atoms with Crippen LogP contribution in [0.4, 0.5) is 17.1 Å². The highest BCUT2D eigenvalue weighted by Crippen LogP contribution is 2.23. The summed E-state index contributed by atoms with van der Waals surface area (Å²) in [6, 6.07) is 11.4. The Morgan fingerprint density at radius 3 is 2.42 bits per heavy atom. The summed E-state index contributed by atoms with van der Waals surface area (Å²) in [6.07, 6.45) is 1.50. The van der Waals surface area contributed by atoms with Crippen LogP contribution in [0.1, 0.15) is 19.4 Å². The highest BCUT2D eigenvalue weighted by Gasteiger charge is 2.06. The minimum Gasteiger partial charge on any atom is -0.507 e. The van der Waals surface area contributed by atoms with E-state index >= 15 is 0 Å². The molecule has 0 radical (unpaired) electrons. The van der Waals surface area contributed by atoms with Crippen molar-refractivity contribution in [3.05, 3.63) is 58.1 Å². The molecule has 7 nitrogen and oxygen atoms in total. The minimum absolute atomic E-state index is 0.0224. The van der Waals surface area contributed by atoms with Gasteiger partial charge >= 0.3 is 0 Å². The molecule has 2 aromatic carbocycles. The first-order valence-electron chi connectivity index (χ1n) is 7.66. The maximum atomic E-state index is 10.6. The molecule has 2 N–H and O–H groups in total. The zero-order valence-electron chi connectivity index (χ0n) is 13.6. The zero-order valence-corrected chi connectivity index (χ0v) is 13.6. The molecule has 0 saturated carbocycles. The van der Waals surface area contributed by atoms with Crippen LogP contribution in [0.5, 0.6) is 5.75 Å². The Bertz CT molecular complexity index is 725. The Labute approximate surface area is 140 Å². The van der Waals surface area contributed by atoms with Gasteiger partial charge in [-0.2, -0.15) is 5.10 Å².